The van der Waals surface area contributed by atoms with Crippen LogP contribution in [0.25, 0.3) is 0 Å². The van der Waals surface area contributed by atoms with Gasteiger partial charge in [0.25, 0.3) is 5.91 Å². The van der Waals surface area contributed by atoms with Gasteiger partial charge in [-0.1, -0.05) is 13.0 Å². The summed E-state index contributed by atoms with van der Waals surface area (Å²) in [6.07, 6.45) is -2.42. The number of rotatable bonds is 5. The molecule has 0 aromatic carbocycles. The zero-order valence-corrected chi connectivity index (χ0v) is 14.9. The van der Waals surface area contributed by atoms with Crippen molar-refractivity contribution in [3.8, 4) is 0 Å². The number of hydrazine groups is 1. The molecule has 144 valence electrons. The van der Waals surface area contributed by atoms with Crippen molar-refractivity contribution in [3.63, 3.8) is 0 Å². The standard InChI is InChI=1S/C18H19F3N4O2/c1-3-5-16(26)24-25(17(27)13-8-9-22-12(2)10-13)11-14-6-4-7-15(23-14)18(19,20)21/h4,6-10H,3,5,11H2,1-2H3,(H,24,26). The Kier molecular flexibility index (Phi) is 6.49. The molecule has 0 aliphatic carbocycles. The molecule has 2 heterocycles. The van der Waals surface area contributed by atoms with Crippen LogP contribution >= 0.6 is 0 Å². The van der Waals surface area contributed by atoms with Gasteiger partial charge in [-0.3, -0.25) is 20.0 Å². The smallest absolute Gasteiger partial charge is 0.273 e. The van der Waals surface area contributed by atoms with Crippen molar-refractivity contribution in [1.82, 2.24) is 20.4 Å². The van der Waals surface area contributed by atoms with Gasteiger partial charge in [0.15, 0.2) is 0 Å². The van der Waals surface area contributed by atoms with Gasteiger partial charge in [0, 0.05) is 23.9 Å². The van der Waals surface area contributed by atoms with E-state index in [-0.39, 0.29) is 24.2 Å². The van der Waals surface area contributed by atoms with Crippen molar-refractivity contribution in [1.29, 1.82) is 0 Å². The minimum Gasteiger partial charge on any atom is -0.273 e. The van der Waals surface area contributed by atoms with Gasteiger partial charge >= 0.3 is 6.18 Å². The molecule has 2 amide bonds. The highest BCUT2D eigenvalue weighted by molar-refractivity contribution is 5.95. The molecule has 0 aliphatic heterocycles. The van der Waals surface area contributed by atoms with Crippen LogP contribution in [0.2, 0.25) is 0 Å². The largest absolute Gasteiger partial charge is 0.433 e. The number of halogens is 3. The summed E-state index contributed by atoms with van der Waals surface area (Å²) < 4.78 is 38.6. The molecule has 0 fully saturated rings. The highest BCUT2D eigenvalue weighted by Gasteiger charge is 2.32. The third-order valence-electron chi connectivity index (χ3n) is 3.54. The van der Waals surface area contributed by atoms with E-state index in [0.717, 1.165) is 11.1 Å². The van der Waals surface area contributed by atoms with Crippen LogP contribution in [0.4, 0.5) is 13.2 Å². The van der Waals surface area contributed by atoms with Crippen molar-refractivity contribution in [2.75, 3.05) is 0 Å². The molecule has 0 saturated carbocycles. The molecule has 0 spiro atoms. The maximum absolute atomic E-state index is 12.9. The molecule has 0 aliphatic rings. The molecule has 9 heteroatoms. The normalized spacial score (nSPS) is 11.1. The molecule has 0 bridgehead atoms. The van der Waals surface area contributed by atoms with Crippen molar-refractivity contribution in [2.45, 2.75) is 39.4 Å². The number of hydrogen-bond donors (Lipinski definition) is 1. The maximum atomic E-state index is 12.9. The Bertz CT molecular complexity index is 824. The molecular formula is C18H19F3N4O2. The Morgan fingerprint density at radius 3 is 2.59 bits per heavy atom. The summed E-state index contributed by atoms with van der Waals surface area (Å²) in [5.74, 6) is -0.979. The average molecular weight is 380 g/mol. The number of carbonyl (C=O) groups excluding carboxylic acids is 2. The van der Waals surface area contributed by atoms with Crippen LogP contribution in [0.5, 0.6) is 0 Å². The van der Waals surface area contributed by atoms with E-state index in [1.54, 1.807) is 13.8 Å². The van der Waals surface area contributed by atoms with Gasteiger partial charge in [-0.15, -0.1) is 0 Å². The van der Waals surface area contributed by atoms with Crippen LogP contribution in [-0.4, -0.2) is 26.8 Å². The lowest BCUT2D eigenvalue weighted by Gasteiger charge is -2.23. The summed E-state index contributed by atoms with van der Waals surface area (Å²) in [6.45, 7) is 3.19. The van der Waals surface area contributed by atoms with Crippen LogP contribution in [-0.2, 0) is 17.5 Å². The van der Waals surface area contributed by atoms with E-state index in [1.165, 1.54) is 30.5 Å². The summed E-state index contributed by atoms with van der Waals surface area (Å²) in [5.41, 5.74) is 2.23. The zero-order valence-electron chi connectivity index (χ0n) is 14.9. The summed E-state index contributed by atoms with van der Waals surface area (Å²) in [7, 11) is 0. The van der Waals surface area contributed by atoms with Crippen molar-refractivity contribution < 1.29 is 22.8 Å². The van der Waals surface area contributed by atoms with E-state index in [4.69, 9.17) is 0 Å². The summed E-state index contributed by atoms with van der Waals surface area (Å²) >= 11 is 0. The van der Waals surface area contributed by atoms with Crippen LogP contribution in [0.3, 0.4) is 0 Å². The quantitative estimate of drug-likeness (QED) is 0.808. The predicted molar refractivity (Wildman–Crippen MR) is 91.1 cm³/mol. The number of amides is 2. The van der Waals surface area contributed by atoms with Crippen LogP contribution in [0.15, 0.2) is 36.5 Å². The first-order chi connectivity index (χ1) is 12.7. The predicted octanol–water partition coefficient (Wildman–Crippen LogP) is 3.28. The third-order valence-corrected chi connectivity index (χ3v) is 3.54. The Balaban J connectivity index is 2.30. The lowest BCUT2D eigenvalue weighted by Crippen LogP contribution is -2.45. The van der Waals surface area contributed by atoms with Gasteiger partial charge in [0.2, 0.25) is 5.91 Å². The van der Waals surface area contributed by atoms with E-state index >= 15 is 0 Å². The Morgan fingerprint density at radius 1 is 1.22 bits per heavy atom. The molecule has 2 aromatic heterocycles. The fraction of sp³-hybridized carbons (Fsp3) is 0.333. The second kappa shape index (κ2) is 8.61. The highest BCUT2D eigenvalue weighted by Crippen LogP contribution is 2.27. The van der Waals surface area contributed by atoms with Gasteiger partial charge in [0.05, 0.1) is 12.2 Å². The fourth-order valence-electron chi connectivity index (χ4n) is 2.32. The molecule has 27 heavy (non-hydrogen) atoms. The first-order valence-corrected chi connectivity index (χ1v) is 8.28. The van der Waals surface area contributed by atoms with E-state index in [9.17, 15) is 22.8 Å². The van der Waals surface area contributed by atoms with Crippen LogP contribution < -0.4 is 5.43 Å². The number of aromatic nitrogens is 2. The SMILES string of the molecule is CCCC(=O)NN(Cc1cccc(C(F)(F)F)n1)C(=O)c1ccnc(C)c1. The van der Waals surface area contributed by atoms with Gasteiger partial charge in [-0.25, -0.2) is 9.99 Å². The Labute approximate surface area is 154 Å². The molecule has 0 atom stereocenters. The van der Waals surface area contributed by atoms with Gasteiger partial charge < -0.3 is 0 Å². The van der Waals surface area contributed by atoms with E-state index < -0.39 is 23.7 Å². The van der Waals surface area contributed by atoms with E-state index in [0.29, 0.717) is 12.1 Å². The first kappa shape index (κ1) is 20.3. The molecule has 0 unspecified atom stereocenters. The third kappa shape index (κ3) is 5.77. The second-order valence-corrected chi connectivity index (χ2v) is 5.87. The second-order valence-electron chi connectivity index (χ2n) is 5.87. The summed E-state index contributed by atoms with van der Waals surface area (Å²) in [5, 5.41) is 0.968. The number of hydrogen-bond acceptors (Lipinski definition) is 4. The van der Waals surface area contributed by atoms with Crippen molar-refractivity contribution in [2.24, 2.45) is 0 Å². The number of nitrogens with zero attached hydrogens (tertiary/aromatic N) is 3. The summed E-state index contributed by atoms with van der Waals surface area (Å²) in [4.78, 5) is 32.3. The zero-order chi connectivity index (χ0) is 20.0. The Hall–Kier alpha value is -2.97. The lowest BCUT2D eigenvalue weighted by atomic mass is 10.2. The van der Waals surface area contributed by atoms with Crippen LogP contribution in [0.1, 0.15) is 47.2 Å². The maximum Gasteiger partial charge on any atom is 0.433 e. The molecular weight excluding hydrogens is 361 g/mol. The molecule has 0 saturated heterocycles. The van der Waals surface area contributed by atoms with Gasteiger partial charge in [0.1, 0.15) is 5.69 Å². The molecule has 2 aromatic rings. The minimum absolute atomic E-state index is 0.000696. The van der Waals surface area contributed by atoms with Crippen LogP contribution in [0, 0.1) is 6.92 Å². The van der Waals surface area contributed by atoms with Gasteiger partial charge in [-0.2, -0.15) is 13.2 Å². The molecule has 2 rings (SSSR count). The monoisotopic (exact) mass is 380 g/mol. The lowest BCUT2D eigenvalue weighted by molar-refractivity contribution is -0.141. The number of pyridine rings is 2. The number of alkyl halides is 3. The number of carbonyl (C=O) groups is 2. The Morgan fingerprint density at radius 2 is 1.96 bits per heavy atom. The highest BCUT2D eigenvalue weighted by atomic mass is 19.4. The molecule has 1 N–H and O–H groups in total. The minimum atomic E-state index is -4.60. The average Bonchev–Trinajstić information content (AvgIpc) is 2.60. The van der Waals surface area contributed by atoms with E-state index in [1.807, 2.05) is 0 Å². The topological polar surface area (TPSA) is 75.2 Å². The first-order valence-electron chi connectivity index (χ1n) is 8.28. The van der Waals surface area contributed by atoms with Crippen molar-refractivity contribution in [3.05, 3.63) is 59.2 Å². The fourth-order valence-corrected chi connectivity index (χ4v) is 2.32. The summed E-state index contributed by atoms with van der Waals surface area (Å²) in [6, 6.07) is 6.41. The molecule has 0 radical (unpaired) electrons. The number of nitrogens with one attached hydrogen (secondary N) is 1. The molecule has 6 nitrogen and oxygen atoms in total. The van der Waals surface area contributed by atoms with Gasteiger partial charge in [-0.05, 0) is 37.6 Å². The van der Waals surface area contributed by atoms with Crippen molar-refractivity contribution >= 4 is 11.8 Å². The van der Waals surface area contributed by atoms with E-state index in [2.05, 4.69) is 15.4 Å². The number of aryl methyl sites for hydroxylation is 1.